The van der Waals surface area contributed by atoms with E-state index in [1.54, 1.807) is 26.4 Å². The number of unbranched alkanes of at least 4 members (excludes halogenated alkanes) is 1. The van der Waals surface area contributed by atoms with Crippen LogP contribution in [0, 0.1) is 0 Å². The number of alkyl carbamates (subject to hydrolysis) is 1. The van der Waals surface area contributed by atoms with E-state index in [1.165, 1.54) is 23.5 Å². The molecule has 3 unspecified atom stereocenters. The predicted octanol–water partition coefficient (Wildman–Crippen LogP) is -1.71. The van der Waals surface area contributed by atoms with Crippen LogP contribution in [0.4, 0.5) is 4.79 Å². The molecule has 7 N–H and O–H groups in total. The zero-order chi connectivity index (χ0) is 44.6. The van der Waals surface area contributed by atoms with Crippen LogP contribution in [0.2, 0.25) is 0 Å². The number of amides is 11. The first-order valence-corrected chi connectivity index (χ1v) is 22.5. The van der Waals surface area contributed by atoms with Crippen molar-refractivity contribution < 1.29 is 57.5 Å². The van der Waals surface area contributed by atoms with Gasteiger partial charge in [0.25, 0.3) is 0 Å². The van der Waals surface area contributed by atoms with E-state index in [0.29, 0.717) is 12.8 Å². The summed E-state index contributed by atoms with van der Waals surface area (Å²) in [6.07, 6.45) is 3.28. The standard InChI is InChI=1S/C37H59N9O12S2/c1-5-27(47)44-24(9-7-8-12-42-37(57)58-6-2)34(54)43-23(19-30(50)40-15-13-38-28(48)10-17-45-32(52)21-25(59-3)35(45)55)20-31(51)41-16-14-39-29(49)11-18-46-33(53)22-26(60-4)36(46)56/h23-26H,5-22H2,1-4H3,(H,38,48)(H,39,49)(H,40,50)(H,41,51)(H,42,57)(H,43,54)(H,44,47). The van der Waals surface area contributed by atoms with Gasteiger partial charge in [-0.3, -0.25) is 57.7 Å². The molecule has 3 atom stereocenters. The quantitative estimate of drug-likeness (QED) is 0.0341. The highest BCUT2D eigenvalue weighted by Crippen LogP contribution is 2.24. The number of hydrogen-bond acceptors (Lipinski definition) is 14. The summed E-state index contributed by atoms with van der Waals surface area (Å²) in [4.78, 5) is 139. The second-order valence-electron chi connectivity index (χ2n) is 13.8. The third-order valence-electron chi connectivity index (χ3n) is 9.28. The first kappa shape index (κ1) is 51.2. The highest BCUT2D eigenvalue weighted by atomic mass is 32.2. The van der Waals surface area contributed by atoms with Crippen molar-refractivity contribution in [3.63, 3.8) is 0 Å². The average molecular weight is 886 g/mol. The largest absolute Gasteiger partial charge is 0.450 e. The SMILES string of the molecule is CCOC(=O)NCCCCC(NC(=O)CC)C(=O)NC(CC(=O)NCCNC(=O)CCN1C(=O)CC(SC)C1=O)CC(=O)NCCNC(=O)CCN1C(=O)CC(SC)C1=O. The molecule has 2 aliphatic rings. The molecule has 2 fully saturated rings. The Morgan fingerprint density at radius 2 is 1.10 bits per heavy atom. The van der Waals surface area contributed by atoms with Crippen LogP contribution in [0.25, 0.3) is 0 Å². The fourth-order valence-electron chi connectivity index (χ4n) is 6.03. The second kappa shape index (κ2) is 27.8. The van der Waals surface area contributed by atoms with E-state index in [0.717, 1.165) is 9.80 Å². The second-order valence-corrected chi connectivity index (χ2v) is 15.8. The Kier molecular flexibility index (Phi) is 23.7. The molecule has 0 aromatic heterocycles. The molecule has 0 radical (unpaired) electrons. The van der Waals surface area contributed by atoms with E-state index in [1.807, 2.05) is 0 Å². The maximum absolute atomic E-state index is 13.5. The lowest BCUT2D eigenvalue weighted by Gasteiger charge is -2.23. The van der Waals surface area contributed by atoms with Gasteiger partial charge in [0.05, 0.1) is 17.1 Å². The molecule has 0 aromatic rings. The van der Waals surface area contributed by atoms with Crippen molar-refractivity contribution in [1.82, 2.24) is 47.0 Å². The van der Waals surface area contributed by atoms with E-state index in [4.69, 9.17) is 4.74 Å². The molecule has 60 heavy (non-hydrogen) atoms. The zero-order valence-electron chi connectivity index (χ0n) is 34.6. The number of ether oxygens (including phenoxy) is 1. The summed E-state index contributed by atoms with van der Waals surface area (Å²) in [6.45, 7) is 3.65. The van der Waals surface area contributed by atoms with E-state index >= 15 is 0 Å². The summed E-state index contributed by atoms with van der Waals surface area (Å²) < 4.78 is 4.83. The number of nitrogens with zero attached hydrogens (tertiary/aromatic N) is 2. The lowest BCUT2D eigenvalue weighted by atomic mass is 10.1. The molecule has 0 saturated carbocycles. The molecule has 336 valence electrons. The number of rotatable bonds is 28. The van der Waals surface area contributed by atoms with Crippen LogP contribution < -0.4 is 37.2 Å². The Morgan fingerprint density at radius 1 is 0.633 bits per heavy atom. The van der Waals surface area contributed by atoms with Gasteiger partial charge in [-0.25, -0.2) is 4.79 Å². The van der Waals surface area contributed by atoms with Gasteiger partial charge in [0.2, 0.25) is 59.1 Å². The number of nitrogens with one attached hydrogen (secondary N) is 7. The van der Waals surface area contributed by atoms with Crippen molar-refractivity contribution in [1.29, 1.82) is 0 Å². The van der Waals surface area contributed by atoms with Gasteiger partial charge in [0, 0.05) is 96.8 Å². The van der Waals surface area contributed by atoms with Crippen molar-refractivity contribution in [2.24, 2.45) is 0 Å². The first-order valence-electron chi connectivity index (χ1n) is 19.9. The number of imide groups is 2. The Labute approximate surface area is 357 Å². The highest BCUT2D eigenvalue weighted by molar-refractivity contribution is 8.00. The van der Waals surface area contributed by atoms with Crippen LogP contribution in [-0.2, 0) is 52.7 Å². The van der Waals surface area contributed by atoms with Gasteiger partial charge < -0.3 is 42.0 Å². The van der Waals surface area contributed by atoms with Gasteiger partial charge in [-0.1, -0.05) is 6.92 Å². The van der Waals surface area contributed by atoms with Crippen molar-refractivity contribution in [3.8, 4) is 0 Å². The molecule has 0 spiro atoms. The third-order valence-corrected chi connectivity index (χ3v) is 11.2. The maximum Gasteiger partial charge on any atom is 0.407 e. The van der Waals surface area contributed by atoms with Gasteiger partial charge in [-0.15, -0.1) is 0 Å². The van der Waals surface area contributed by atoms with Crippen LogP contribution in [0.15, 0.2) is 0 Å². The predicted molar refractivity (Wildman–Crippen MR) is 221 cm³/mol. The van der Waals surface area contributed by atoms with Crippen molar-refractivity contribution in [2.75, 3.05) is 64.9 Å². The maximum atomic E-state index is 13.5. The van der Waals surface area contributed by atoms with E-state index in [-0.39, 0.29) is 127 Å². The Hall–Kier alpha value is -4.93. The van der Waals surface area contributed by atoms with E-state index in [2.05, 4.69) is 37.2 Å². The molecule has 21 nitrogen and oxygen atoms in total. The first-order chi connectivity index (χ1) is 28.6. The molecule has 2 saturated heterocycles. The molecule has 0 aliphatic carbocycles. The van der Waals surface area contributed by atoms with E-state index < -0.39 is 64.1 Å². The van der Waals surface area contributed by atoms with Crippen molar-refractivity contribution in [3.05, 3.63) is 0 Å². The summed E-state index contributed by atoms with van der Waals surface area (Å²) in [5.41, 5.74) is 0. The monoisotopic (exact) mass is 885 g/mol. The summed E-state index contributed by atoms with van der Waals surface area (Å²) in [6, 6.07) is -2.07. The summed E-state index contributed by atoms with van der Waals surface area (Å²) in [5, 5.41) is 17.5. The normalized spacial score (nSPS) is 17.1. The Balaban J connectivity index is 1.93. The fraction of sp³-hybridized carbons (Fsp3) is 0.703. The molecular formula is C37H59N9O12S2. The van der Waals surface area contributed by atoms with Crippen LogP contribution in [-0.4, -0.2) is 162 Å². The average Bonchev–Trinajstić information content (AvgIpc) is 3.65. The van der Waals surface area contributed by atoms with Crippen molar-refractivity contribution in [2.45, 2.75) is 101 Å². The molecule has 11 amide bonds. The zero-order valence-corrected chi connectivity index (χ0v) is 36.3. The molecule has 0 aromatic carbocycles. The van der Waals surface area contributed by atoms with Crippen LogP contribution in [0.1, 0.15) is 78.1 Å². The Bertz CT molecular complexity index is 1490. The highest BCUT2D eigenvalue weighted by Gasteiger charge is 2.39. The van der Waals surface area contributed by atoms with Gasteiger partial charge in [0.1, 0.15) is 6.04 Å². The van der Waals surface area contributed by atoms with Gasteiger partial charge in [-0.2, -0.15) is 23.5 Å². The number of carbonyl (C=O) groups is 11. The number of hydrogen-bond donors (Lipinski definition) is 7. The smallest absolute Gasteiger partial charge is 0.407 e. The summed E-state index contributed by atoms with van der Waals surface area (Å²) >= 11 is 2.54. The third kappa shape index (κ3) is 18.6. The van der Waals surface area contributed by atoms with Crippen LogP contribution in [0.3, 0.4) is 0 Å². The lowest BCUT2D eigenvalue weighted by molar-refractivity contribution is -0.140. The number of carbonyl (C=O) groups excluding carboxylic acids is 11. The Morgan fingerprint density at radius 3 is 1.52 bits per heavy atom. The minimum absolute atomic E-state index is 0.0134. The molecule has 2 aliphatic heterocycles. The van der Waals surface area contributed by atoms with E-state index in [9.17, 15) is 52.7 Å². The van der Waals surface area contributed by atoms with Crippen molar-refractivity contribution >= 4 is 88.7 Å². The summed E-state index contributed by atoms with van der Waals surface area (Å²) in [7, 11) is 0. The number of thioether (sulfide) groups is 2. The molecule has 2 heterocycles. The van der Waals surface area contributed by atoms with Crippen LogP contribution >= 0.6 is 23.5 Å². The minimum Gasteiger partial charge on any atom is -0.450 e. The molecule has 0 bridgehead atoms. The topological polar surface area (TPSA) is 288 Å². The lowest BCUT2D eigenvalue weighted by Crippen LogP contribution is -2.51. The van der Waals surface area contributed by atoms with Gasteiger partial charge >= 0.3 is 6.09 Å². The molecule has 23 heteroatoms. The molecule has 2 rings (SSSR count). The van der Waals surface area contributed by atoms with Gasteiger partial charge in [-0.05, 0) is 38.7 Å². The number of likely N-dealkylation sites (tertiary alicyclic amines) is 2. The van der Waals surface area contributed by atoms with Crippen LogP contribution in [0.5, 0.6) is 0 Å². The minimum atomic E-state index is -1.05. The molecular weight excluding hydrogens is 827 g/mol. The van der Waals surface area contributed by atoms with Gasteiger partial charge in [0.15, 0.2) is 0 Å². The fourth-order valence-corrected chi connectivity index (χ4v) is 7.31. The summed E-state index contributed by atoms with van der Waals surface area (Å²) in [5.74, 6) is -4.38.